The number of piperazine rings is 1. The van der Waals surface area contributed by atoms with Crippen LogP contribution in [0.25, 0.3) is 0 Å². The third-order valence-corrected chi connectivity index (χ3v) is 4.59. The van der Waals surface area contributed by atoms with Crippen LogP contribution in [0.1, 0.15) is 22.3 Å². The van der Waals surface area contributed by atoms with Gasteiger partial charge in [-0.2, -0.15) is 0 Å². The topological polar surface area (TPSA) is 62.7 Å². The van der Waals surface area contributed by atoms with Crippen molar-refractivity contribution >= 4 is 11.8 Å². The van der Waals surface area contributed by atoms with Crippen LogP contribution in [0, 0.1) is 0 Å². The van der Waals surface area contributed by atoms with E-state index in [0.717, 1.165) is 5.56 Å². The Morgan fingerprint density at radius 3 is 2.54 bits per heavy atom. The predicted molar refractivity (Wildman–Crippen MR) is 98.0 cm³/mol. The van der Waals surface area contributed by atoms with Gasteiger partial charge < -0.3 is 14.5 Å². The highest BCUT2D eigenvalue weighted by molar-refractivity contribution is 5.94. The lowest BCUT2D eigenvalue weighted by Gasteiger charge is -2.35. The first-order chi connectivity index (χ1) is 12.7. The zero-order valence-corrected chi connectivity index (χ0v) is 14.9. The normalized spacial score (nSPS) is 14.2. The number of pyridine rings is 1. The van der Waals surface area contributed by atoms with Gasteiger partial charge in [0.1, 0.15) is 5.75 Å². The fourth-order valence-electron chi connectivity index (χ4n) is 3.05. The molecule has 0 N–H and O–H groups in total. The van der Waals surface area contributed by atoms with E-state index in [2.05, 4.69) is 4.98 Å². The maximum Gasteiger partial charge on any atom is 0.254 e. The van der Waals surface area contributed by atoms with Crippen molar-refractivity contribution in [2.45, 2.75) is 12.8 Å². The molecule has 0 radical (unpaired) electrons. The quantitative estimate of drug-likeness (QED) is 0.825. The van der Waals surface area contributed by atoms with Gasteiger partial charge in [-0.15, -0.1) is 0 Å². The summed E-state index contributed by atoms with van der Waals surface area (Å²) in [5, 5.41) is 0. The summed E-state index contributed by atoms with van der Waals surface area (Å²) in [7, 11) is 1.58. The van der Waals surface area contributed by atoms with Crippen LogP contribution in [0.3, 0.4) is 0 Å². The molecule has 3 rings (SSSR count). The van der Waals surface area contributed by atoms with Gasteiger partial charge in [-0.1, -0.05) is 12.1 Å². The number of aromatic nitrogens is 1. The largest absolute Gasteiger partial charge is 0.497 e. The second kappa shape index (κ2) is 8.47. The molecule has 1 saturated heterocycles. The van der Waals surface area contributed by atoms with Crippen molar-refractivity contribution in [1.29, 1.82) is 0 Å². The summed E-state index contributed by atoms with van der Waals surface area (Å²) in [6, 6.07) is 11.0. The molecule has 0 saturated carbocycles. The Morgan fingerprint density at radius 2 is 1.85 bits per heavy atom. The summed E-state index contributed by atoms with van der Waals surface area (Å²) < 4.78 is 5.18. The lowest BCUT2D eigenvalue weighted by molar-refractivity contribution is -0.132. The van der Waals surface area contributed by atoms with Crippen molar-refractivity contribution in [1.82, 2.24) is 14.8 Å². The van der Waals surface area contributed by atoms with Crippen LogP contribution in [0.15, 0.2) is 48.8 Å². The molecule has 6 heteroatoms. The standard InChI is InChI=1S/C20H23N3O3/c1-26-18-6-2-5-17(14-18)20(25)23-12-10-22(11-13-23)19(24)8-7-16-4-3-9-21-15-16/h2-6,9,14-15H,7-8,10-13H2,1H3. The molecule has 1 aromatic carbocycles. The van der Waals surface area contributed by atoms with Crippen LogP contribution < -0.4 is 4.74 Å². The molecule has 1 aromatic heterocycles. The molecule has 1 aliphatic heterocycles. The third kappa shape index (κ3) is 4.39. The van der Waals surface area contributed by atoms with E-state index in [1.165, 1.54) is 0 Å². The number of amides is 2. The Labute approximate surface area is 153 Å². The number of aryl methyl sites for hydroxylation is 1. The van der Waals surface area contributed by atoms with Crippen LogP contribution >= 0.6 is 0 Å². The van der Waals surface area contributed by atoms with Gasteiger partial charge in [0, 0.05) is 50.6 Å². The molecule has 1 aliphatic rings. The van der Waals surface area contributed by atoms with Crippen molar-refractivity contribution in [3.63, 3.8) is 0 Å². The molecule has 136 valence electrons. The monoisotopic (exact) mass is 353 g/mol. The molecule has 1 fully saturated rings. The number of methoxy groups -OCH3 is 1. The van der Waals surface area contributed by atoms with E-state index in [0.29, 0.717) is 50.3 Å². The van der Waals surface area contributed by atoms with Crippen molar-refractivity contribution in [2.75, 3.05) is 33.3 Å². The first-order valence-electron chi connectivity index (χ1n) is 8.77. The van der Waals surface area contributed by atoms with Gasteiger partial charge in [-0.3, -0.25) is 14.6 Å². The van der Waals surface area contributed by atoms with Crippen molar-refractivity contribution in [2.24, 2.45) is 0 Å². The predicted octanol–water partition coefficient (Wildman–Crippen LogP) is 2.01. The average molecular weight is 353 g/mol. The molecule has 0 spiro atoms. The van der Waals surface area contributed by atoms with Crippen LogP contribution in [0.4, 0.5) is 0 Å². The second-order valence-corrected chi connectivity index (χ2v) is 6.27. The molecule has 6 nitrogen and oxygen atoms in total. The number of benzene rings is 1. The van der Waals surface area contributed by atoms with Gasteiger partial charge in [-0.25, -0.2) is 0 Å². The van der Waals surface area contributed by atoms with E-state index in [1.54, 1.807) is 36.5 Å². The average Bonchev–Trinajstić information content (AvgIpc) is 2.72. The van der Waals surface area contributed by atoms with E-state index in [4.69, 9.17) is 4.74 Å². The summed E-state index contributed by atoms with van der Waals surface area (Å²) in [5.74, 6) is 0.772. The minimum Gasteiger partial charge on any atom is -0.497 e. The van der Waals surface area contributed by atoms with Crippen molar-refractivity contribution in [3.05, 3.63) is 59.9 Å². The maximum atomic E-state index is 12.6. The molecular weight excluding hydrogens is 330 g/mol. The summed E-state index contributed by atoms with van der Waals surface area (Å²) in [6.45, 7) is 2.24. The summed E-state index contributed by atoms with van der Waals surface area (Å²) in [6.07, 6.45) is 4.67. The minimum atomic E-state index is -0.0219. The van der Waals surface area contributed by atoms with Gasteiger partial charge >= 0.3 is 0 Å². The third-order valence-electron chi connectivity index (χ3n) is 4.59. The lowest BCUT2D eigenvalue weighted by atomic mass is 10.1. The first kappa shape index (κ1) is 17.9. The summed E-state index contributed by atoms with van der Waals surface area (Å²) >= 11 is 0. The molecule has 26 heavy (non-hydrogen) atoms. The molecule has 0 unspecified atom stereocenters. The Hall–Kier alpha value is -2.89. The molecule has 0 atom stereocenters. The van der Waals surface area contributed by atoms with Gasteiger partial charge in [0.25, 0.3) is 5.91 Å². The number of ether oxygens (including phenoxy) is 1. The fourth-order valence-corrected chi connectivity index (χ4v) is 3.05. The number of hydrogen-bond donors (Lipinski definition) is 0. The zero-order valence-electron chi connectivity index (χ0n) is 14.9. The van der Waals surface area contributed by atoms with Gasteiger partial charge in [-0.05, 0) is 36.2 Å². The van der Waals surface area contributed by atoms with Crippen molar-refractivity contribution in [3.8, 4) is 5.75 Å². The van der Waals surface area contributed by atoms with Crippen LogP contribution in [0.2, 0.25) is 0 Å². The highest BCUT2D eigenvalue weighted by Gasteiger charge is 2.24. The Morgan fingerprint density at radius 1 is 1.08 bits per heavy atom. The molecule has 2 aromatic rings. The van der Waals surface area contributed by atoms with E-state index in [9.17, 15) is 9.59 Å². The van der Waals surface area contributed by atoms with E-state index >= 15 is 0 Å². The Kier molecular flexibility index (Phi) is 5.84. The molecule has 2 heterocycles. The van der Waals surface area contributed by atoms with Crippen molar-refractivity contribution < 1.29 is 14.3 Å². The highest BCUT2D eigenvalue weighted by atomic mass is 16.5. The minimum absolute atomic E-state index is 0.0219. The van der Waals surface area contributed by atoms with Crippen LogP contribution in [0.5, 0.6) is 5.75 Å². The Balaban J connectivity index is 1.50. The molecular formula is C20H23N3O3. The first-order valence-corrected chi connectivity index (χ1v) is 8.77. The molecule has 0 aliphatic carbocycles. The van der Waals surface area contributed by atoms with E-state index in [1.807, 2.05) is 29.2 Å². The molecule has 0 bridgehead atoms. The number of hydrogen-bond acceptors (Lipinski definition) is 4. The van der Waals surface area contributed by atoms with Crippen LogP contribution in [-0.4, -0.2) is 59.9 Å². The highest BCUT2D eigenvalue weighted by Crippen LogP contribution is 2.16. The van der Waals surface area contributed by atoms with Gasteiger partial charge in [0.15, 0.2) is 0 Å². The summed E-state index contributed by atoms with van der Waals surface area (Å²) in [5.41, 5.74) is 1.67. The lowest BCUT2D eigenvalue weighted by Crippen LogP contribution is -2.50. The number of carbonyl (C=O) groups is 2. The van der Waals surface area contributed by atoms with Gasteiger partial charge in [0.2, 0.25) is 5.91 Å². The number of carbonyl (C=O) groups excluding carboxylic acids is 2. The van der Waals surface area contributed by atoms with E-state index < -0.39 is 0 Å². The second-order valence-electron chi connectivity index (χ2n) is 6.27. The summed E-state index contributed by atoms with van der Waals surface area (Å²) in [4.78, 5) is 32.7. The maximum absolute atomic E-state index is 12.6. The van der Waals surface area contributed by atoms with E-state index in [-0.39, 0.29) is 11.8 Å². The zero-order chi connectivity index (χ0) is 18.4. The molecule has 2 amide bonds. The fraction of sp³-hybridized carbons (Fsp3) is 0.350. The Bertz CT molecular complexity index is 756. The SMILES string of the molecule is COc1cccc(C(=O)N2CCN(C(=O)CCc3cccnc3)CC2)c1. The van der Waals surface area contributed by atoms with Gasteiger partial charge in [0.05, 0.1) is 7.11 Å². The smallest absolute Gasteiger partial charge is 0.254 e. The number of rotatable bonds is 5. The van der Waals surface area contributed by atoms with Crippen LogP contribution in [-0.2, 0) is 11.2 Å². The number of nitrogens with zero attached hydrogens (tertiary/aromatic N) is 3.